The maximum atomic E-state index is 11.9. The fraction of sp³-hybridized carbons (Fsp3) is 0.353. The molecule has 8 heteroatoms. The predicted octanol–water partition coefficient (Wildman–Crippen LogP) is 2.84. The van der Waals surface area contributed by atoms with Crippen molar-refractivity contribution in [3.63, 3.8) is 0 Å². The van der Waals surface area contributed by atoms with Gasteiger partial charge in [0.05, 0.1) is 12.2 Å². The Morgan fingerprint density at radius 3 is 2.92 bits per heavy atom. The fourth-order valence-corrected chi connectivity index (χ4v) is 3.12. The average Bonchev–Trinajstić information content (AvgIpc) is 3.21. The summed E-state index contributed by atoms with van der Waals surface area (Å²) in [6.45, 7) is 4.48. The van der Waals surface area contributed by atoms with E-state index in [1.807, 2.05) is 26.0 Å². The van der Waals surface area contributed by atoms with Crippen LogP contribution in [0.25, 0.3) is 11.4 Å². The highest BCUT2D eigenvalue weighted by atomic mass is 32.1. The molecular weight excluding hydrogens is 338 g/mol. The Hall–Kier alpha value is -2.61. The molecule has 0 fully saturated rings. The van der Waals surface area contributed by atoms with Gasteiger partial charge in [0.2, 0.25) is 17.6 Å². The molecule has 3 aromatic heterocycles. The minimum absolute atomic E-state index is 0.00231. The van der Waals surface area contributed by atoms with Crippen molar-refractivity contribution in [2.45, 2.75) is 39.7 Å². The van der Waals surface area contributed by atoms with Crippen LogP contribution in [-0.2, 0) is 17.8 Å². The molecule has 0 aliphatic heterocycles. The third-order valence-electron chi connectivity index (χ3n) is 3.69. The summed E-state index contributed by atoms with van der Waals surface area (Å²) >= 11 is 1.61. The van der Waals surface area contributed by atoms with Crippen molar-refractivity contribution in [3.05, 3.63) is 46.0 Å². The summed E-state index contributed by atoms with van der Waals surface area (Å²) in [5, 5.41) is 7.76. The summed E-state index contributed by atoms with van der Waals surface area (Å²) in [7, 11) is 0. The maximum Gasteiger partial charge on any atom is 0.226 e. The van der Waals surface area contributed by atoms with Crippen molar-refractivity contribution in [1.82, 2.24) is 25.4 Å². The van der Waals surface area contributed by atoms with Gasteiger partial charge in [0.15, 0.2) is 0 Å². The third-order valence-corrected chi connectivity index (χ3v) is 4.76. The van der Waals surface area contributed by atoms with E-state index in [9.17, 15) is 4.79 Å². The molecule has 0 aliphatic carbocycles. The summed E-state index contributed by atoms with van der Waals surface area (Å²) in [5.74, 6) is 1.04. The highest BCUT2D eigenvalue weighted by Crippen LogP contribution is 2.16. The molecule has 7 nitrogen and oxygen atoms in total. The first kappa shape index (κ1) is 17.2. The molecule has 0 aliphatic rings. The van der Waals surface area contributed by atoms with Crippen LogP contribution in [0.3, 0.4) is 0 Å². The van der Waals surface area contributed by atoms with Gasteiger partial charge in [-0.25, -0.2) is 4.98 Å². The van der Waals surface area contributed by atoms with Gasteiger partial charge in [-0.3, -0.25) is 9.78 Å². The second kappa shape index (κ2) is 7.98. The summed E-state index contributed by atoms with van der Waals surface area (Å²) in [6.07, 6.45) is 5.00. The van der Waals surface area contributed by atoms with E-state index in [1.54, 1.807) is 23.7 Å². The van der Waals surface area contributed by atoms with Gasteiger partial charge >= 0.3 is 0 Å². The summed E-state index contributed by atoms with van der Waals surface area (Å²) in [5.41, 5.74) is 1.83. The molecule has 0 atom stereocenters. The lowest BCUT2D eigenvalue weighted by Gasteiger charge is -2.01. The normalized spacial score (nSPS) is 10.8. The van der Waals surface area contributed by atoms with Crippen molar-refractivity contribution < 1.29 is 9.32 Å². The number of rotatable bonds is 7. The van der Waals surface area contributed by atoms with Gasteiger partial charge in [-0.05, 0) is 32.4 Å². The van der Waals surface area contributed by atoms with Gasteiger partial charge in [0, 0.05) is 35.7 Å². The van der Waals surface area contributed by atoms with E-state index in [1.165, 1.54) is 4.88 Å². The first-order chi connectivity index (χ1) is 12.1. The van der Waals surface area contributed by atoms with Gasteiger partial charge in [0.1, 0.15) is 5.01 Å². The Bertz CT molecular complexity index is 824. The van der Waals surface area contributed by atoms with Crippen LogP contribution in [0.4, 0.5) is 0 Å². The molecule has 3 rings (SSSR count). The van der Waals surface area contributed by atoms with Crippen molar-refractivity contribution in [2.24, 2.45) is 0 Å². The molecule has 0 aromatic carbocycles. The number of hydrogen-bond donors (Lipinski definition) is 1. The van der Waals surface area contributed by atoms with Gasteiger partial charge in [-0.2, -0.15) is 4.98 Å². The number of hydrogen-bond acceptors (Lipinski definition) is 7. The van der Waals surface area contributed by atoms with Gasteiger partial charge in [-0.1, -0.05) is 5.16 Å². The van der Waals surface area contributed by atoms with Gasteiger partial charge in [0.25, 0.3) is 0 Å². The molecule has 0 unspecified atom stereocenters. The lowest BCUT2D eigenvalue weighted by molar-refractivity contribution is -0.121. The first-order valence-corrected chi connectivity index (χ1v) is 8.86. The average molecular weight is 357 g/mol. The van der Waals surface area contributed by atoms with Crippen LogP contribution in [0, 0.1) is 13.8 Å². The Labute approximate surface area is 149 Å². The quantitative estimate of drug-likeness (QED) is 0.699. The minimum atomic E-state index is -0.00231. The minimum Gasteiger partial charge on any atom is -0.350 e. The number of carbonyl (C=O) groups is 1. The van der Waals surface area contributed by atoms with Crippen molar-refractivity contribution >= 4 is 17.2 Å². The van der Waals surface area contributed by atoms with E-state index in [4.69, 9.17) is 4.52 Å². The zero-order valence-electron chi connectivity index (χ0n) is 14.2. The number of nitrogens with zero attached hydrogens (tertiary/aromatic N) is 4. The van der Waals surface area contributed by atoms with Crippen LogP contribution in [-0.4, -0.2) is 26.0 Å². The van der Waals surface area contributed by atoms with Crippen LogP contribution >= 0.6 is 11.3 Å². The Kier molecular flexibility index (Phi) is 5.49. The standard InChI is InChI=1S/C17H19N5O2S/c1-11-12(2)25-16(20-11)10-19-14(23)6-3-7-15-21-17(22-24-15)13-5-4-8-18-9-13/h4-5,8-9H,3,6-7,10H2,1-2H3,(H,19,23). The molecule has 0 radical (unpaired) electrons. The highest BCUT2D eigenvalue weighted by molar-refractivity contribution is 7.11. The number of aromatic nitrogens is 4. The molecule has 130 valence electrons. The van der Waals surface area contributed by atoms with Crippen LogP contribution in [0.5, 0.6) is 0 Å². The molecule has 0 saturated heterocycles. The molecule has 0 bridgehead atoms. The van der Waals surface area contributed by atoms with E-state index in [0.29, 0.717) is 37.5 Å². The lowest BCUT2D eigenvalue weighted by Crippen LogP contribution is -2.22. The monoisotopic (exact) mass is 357 g/mol. The Balaban J connectivity index is 1.42. The number of pyridine rings is 1. The number of aryl methyl sites for hydroxylation is 3. The second-order valence-electron chi connectivity index (χ2n) is 5.63. The SMILES string of the molecule is Cc1nc(CNC(=O)CCCc2nc(-c3cccnc3)no2)sc1C. The maximum absolute atomic E-state index is 11.9. The van der Waals surface area contributed by atoms with Crippen LogP contribution in [0.15, 0.2) is 29.0 Å². The largest absolute Gasteiger partial charge is 0.350 e. The zero-order chi connectivity index (χ0) is 17.6. The van der Waals surface area contributed by atoms with Crippen molar-refractivity contribution in [2.75, 3.05) is 0 Å². The lowest BCUT2D eigenvalue weighted by atomic mass is 10.2. The Morgan fingerprint density at radius 2 is 2.20 bits per heavy atom. The van der Waals surface area contributed by atoms with Crippen molar-refractivity contribution in [3.8, 4) is 11.4 Å². The molecule has 25 heavy (non-hydrogen) atoms. The smallest absolute Gasteiger partial charge is 0.226 e. The van der Waals surface area contributed by atoms with E-state index in [-0.39, 0.29) is 5.91 Å². The van der Waals surface area contributed by atoms with Crippen molar-refractivity contribution in [1.29, 1.82) is 0 Å². The molecule has 1 N–H and O–H groups in total. The molecule has 0 saturated carbocycles. The third kappa shape index (κ3) is 4.69. The zero-order valence-corrected chi connectivity index (χ0v) is 15.0. The van der Waals surface area contributed by atoms with Crippen LogP contribution in [0.1, 0.15) is 34.3 Å². The molecular formula is C17H19N5O2S. The molecule has 3 heterocycles. The Morgan fingerprint density at radius 1 is 1.32 bits per heavy atom. The fourth-order valence-electron chi connectivity index (χ4n) is 2.25. The van der Waals surface area contributed by atoms with Gasteiger partial charge in [-0.15, -0.1) is 11.3 Å². The topological polar surface area (TPSA) is 93.8 Å². The number of nitrogens with one attached hydrogen (secondary N) is 1. The summed E-state index contributed by atoms with van der Waals surface area (Å²) in [4.78, 5) is 25.9. The van der Waals surface area contributed by atoms with E-state index >= 15 is 0 Å². The highest BCUT2D eigenvalue weighted by Gasteiger charge is 2.10. The van der Waals surface area contributed by atoms with Crippen LogP contribution < -0.4 is 5.32 Å². The first-order valence-electron chi connectivity index (χ1n) is 8.04. The molecule has 3 aromatic rings. The predicted molar refractivity (Wildman–Crippen MR) is 93.9 cm³/mol. The van der Waals surface area contributed by atoms with Gasteiger partial charge < -0.3 is 9.84 Å². The summed E-state index contributed by atoms with van der Waals surface area (Å²) < 4.78 is 5.22. The molecule has 0 spiro atoms. The second-order valence-corrected chi connectivity index (χ2v) is 6.92. The number of carbonyl (C=O) groups excluding carboxylic acids is 1. The van der Waals surface area contributed by atoms with E-state index in [2.05, 4.69) is 25.4 Å². The van der Waals surface area contributed by atoms with Crippen LogP contribution in [0.2, 0.25) is 0 Å². The number of thiazole rings is 1. The van der Waals surface area contributed by atoms with E-state index < -0.39 is 0 Å². The number of amides is 1. The summed E-state index contributed by atoms with van der Waals surface area (Å²) in [6, 6.07) is 3.69. The molecule has 1 amide bonds. The van der Waals surface area contributed by atoms with E-state index in [0.717, 1.165) is 16.3 Å².